The van der Waals surface area contributed by atoms with E-state index in [0.717, 1.165) is 19.3 Å². The molecule has 0 heterocycles. The first-order chi connectivity index (χ1) is 5.24. The molecule has 0 spiro atoms. The summed E-state index contributed by atoms with van der Waals surface area (Å²) in [5.74, 6) is -0.243. The minimum Gasteiger partial charge on any atom is -0.469 e. The lowest BCUT2D eigenvalue weighted by atomic mass is 9.87. The zero-order chi connectivity index (χ0) is 8.27. The number of carbonyl (C=O) groups is 1. The molecule has 0 saturated heterocycles. The number of rotatable bonds is 1. The van der Waals surface area contributed by atoms with Crippen LogP contribution < -0.4 is 0 Å². The van der Waals surface area contributed by atoms with E-state index in [9.17, 15) is 9.90 Å². The van der Waals surface area contributed by atoms with Crippen LogP contribution in [0, 0.1) is 5.92 Å². The first kappa shape index (κ1) is 8.53. The quantitative estimate of drug-likeness (QED) is 0.572. The van der Waals surface area contributed by atoms with E-state index in [1.807, 2.05) is 0 Å². The summed E-state index contributed by atoms with van der Waals surface area (Å²) in [5, 5.41) is 9.22. The molecule has 3 nitrogen and oxygen atoms in total. The zero-order valence-electron chi connectivity index (χ0n) is 6.75. The van der Waals surface area contributed by atoms with Gasteiger partial charge >= 0.3 is 5.97 Å². The Morgan fingerprint density at radius 3 is 2.82 bits per heavy atom. The summed E-state index contributed by atoms with van der Waals surface area (Å²) < 4.78 is 4.59. The van der Waals surface area contributed by atoms with Crippen LogP contribution in [-0.2, 0) is 9.53 Å². The van der Waals surface area contributed by atoms with Crippen LogP contribution in [0.25, 0.3) is 0 Å². The molecular weight excluding hydrogens is 144 g/mol. The Labute approximate surface area is 66.4 Å². The predicted octanol–water partition coefficient (Wildman–Crippen LogP) is 0.710. The second kappa shape index (κ2) is 3.72. The Bertz CT molecular complexity index is 144. The van der Waals surface area contributed by atoms with Gasteiger partial charge in [0, 0.05) is 0 Å². The van der Waals surface area contributed by atoms with Crippen molar-refractivity contribution in [1.29, 1.82) is 0 Å². The van der Waals surface area contributed by atoms with Gasteiger partial charge in [0.2, 0.25) is 0 Å². The Morgan fingerprint density at radius 1 is 1.55 bits per heavy atom. The minimum absolute atomic E-state index is 0.0660. The van der Waals surface area contributed by atoms with Gasteiger partial charge in [-0.05, 0) is 19.3 Å². The highest BCUT2D eigenvalue weighted by atomic mass is 16.5. The zero-order valence-corrected chi connectivity index (χ0v) is 6.75. The van der Waals surface area contributed by atoms with Crippen molar-refractivity contribution in [2.45, 2.75) is 31.8 Å². The fraction of sp³-hybridized carbons (Fsp3) is 0.875. The maximum absolute atomic E-state index is 11.0. The Balaban J connectivity index is 2.39. The molecule has 3 heteroatoms. The third-order valence-electron chi connectivity index (χ3n) is 2.18. The molecule has 1 rings (SSSR count). The summed E-state index contributed by atoms with van der Waals surface area (Å²) in [6.07, 6.45) is 2.90. The van der Waals surface area contributed by atoms with Gasteiger partial charge in [-0.2, -0.15) is 0 Å². The highest BCUT2D eigenvalue weighted by Gasteiger charge is 2.26. The van der Waals surface area contributed by atoms with E-state index in [2.05, 4.69) is 4.74 Å². The van der Waals surface area contributed by atoms with Gasteiger partial charge in [-0.1, -0.05) is 6.42 Å². The van der Waals surface area contributed by atoms with Crippen molar-refractivity contribution < 1.29 is 14.6 Å². The van der Waals surface area contributed by atoms with Crippen molar-refractivity contribution in [3.63, 3.8) is 0 Å². The molecule has 11 heavy (non-hydrogen) atoms. The van der Waals surface area contributed by atoms with E-state index in [-0.39, 0.29) is 18.0 Å². The highest BCUT2D eigenvalue weighted by molar-refractivity contribution is 5.72. The van der Waals surface area contributed by atoms with Gasteiger partial charge in [0.05, 0.1) is 19.1 Å². The number of aliphatic hydroxyl groups excluding tert-OH is 1. The van der Waals surface area contributed by atoms with Gasteiger partial charge in [0.15, 0.2) is 0 Å². The molecule has 1 saturated carbocycles. The number of methoxy groups -OCH3 is 1. The molecule has 1 unspecified atom stereocenters. The minimum atomic E-state index is -0.298. The molecule has 1 aliphatic rings. The van der Waals surface area contributed by atoms with Crippen LogP contribution in [0.3, 0.4) is 0 Å². The summed E-state index contributed by atoms with van der Waals surface area (Å²) >= 11 is 0. The van der Waals surface area contributed by atoms with Crippen LogP contribution in [-0.4, -0.2) is 24.3 Å². The largest absolute Gasteiger partial charge is 0.469 e. The SMILES string of the molecule is COC(=O)C1CCC[C@@H](O)C1. The third-order valence-corrected chi connectivity index (χ3v) is 2.18. The van der Waals surface area contributed by atoms with Crippen molar-refractivity contribution in [1.82, 2.24) is 0 Å². The van der Waals surface area contributed by atoms with E-state index in [1.54, 1.807) is 0 Å². The average Bonchev–Trinajstić information content (AvgIpc) is 2.03. The highest BCUT2D eigenvalue weighted by Crippen LogP contribution is 2.24. The summed E-state index contributed by atoms with van der Waals surface area (Å²) in [6.45, 7) is 0. The Kier molecular flexibility index (Phi) is 2.88. The molecule has 2 atom stereocenters. The molecule has 0 radical (unpaired) electrons. The van der Waals surface area contributed by atoms with Gasteiger partial charge in [0.1, 0.15) is 0 Å². The van der Waals surface area contributed by atoms with Crippen molar-refractivity contribution >= 4 is 5.97 Å². The molecule has 1 N–H and O–H groups in total. The van der Waals surface area contributed by atoms with Gasteiger partial charge < -0.3 is 9.84 Å². The number of carbonyl (C=O) groups excluding carboxylic acids is 1. The fourth-order valence-corrected chi connectivity index (χ4v) is 1.54. The summed E-state index contributed by atoms with van der Waals surface area (Å²) in [4.78, 5) is 11.0. The standard InChI is InChI=1S/C8H14O3/c1-11-8(10)6-3-2-4-7(9)5-6/h6-7,9H,2-5H2,1H3/t6?,7-/m1/s1. The van der Waals surface area contributed by atoms with E-state index in [4.69, 9.17) is 0 Å². The van der Waals surface area contributed by atoms with E-state index < -0.39 is 0 Å². The van der Waals surface area contributed by atoms with Crippen molar-refractivity contribution in [2.24, 2.45) is 5.92 Å². The van der Waals surface area contributed by atoms with Gasteiger partial charge in [-0.15, -0.1) is 0 Å². The number of aliphatic hydroxyl groups is 1. The molecule has 0 amide bonds. The van der Waals surface area contributed by atoms with Gasteiger partial charge in [-0.25, -0.2) is 0 Å². The van der Waals surface area contributed by atoms with Crippen molar-refractivity contribution in [2.75, 3.05) is 7.11 Å². The van der Waals surface area contributed by atoms with E-state index >= 15 is 0 Å². The second-order valence-corrected chi connectivity index (χ2v) is 3.04. The molecule has 0 aliphatic heterocycles. The lowest BCUT2D eigenvalue weighted by Crippen LogP contribution is -2.26. The monoisotopic (exact) mass is 158 g/mol. The Hall–Kier alpha value is -0.570. The third kappa shape index (κ3) is 2.19. The number of hydrogen-bond donors (Lipinski definition) is 1. The summed E-state index contributed by atoms with van der Waals surface area (Å²) in [6, 6.07) is 0. The van der Waals surface area contributed by atoms with Crippen molar-refractivity contribution in [3.05, 3.63) is 0 Å². The smallest absolute Gasteiger partial charge is 0.308 e. The van der Waals surface area contributed by atoms with E-state index in [0.29, 0.717) is 6.42 Å². The van der Waals surface area contributed by atoms with Crippen LogP contribution in [0.2, 0.25) is 0 Å². The molecule has 0 bridgehead atoms. The molecule has 1 aliphatic carbocycles. The van der Waals surface area contributed by atoms with Crippen LogP contribution in [0.4, 0.5) is 0 Å². The van der Waals surface area contributed by atoms with Crippen LogP contribution >= 0.6 is 0 Å². The number of esters is 1. The maximum Gasteiger partial charge on any atom is 0.308 e. The summed E-state index contributed by atoms with van der Waals surface area (Å²) in [7, 11) is 1.39. The molecule has 1 fully saturated rings. The lowest BCUT2D eigenvalue weighted by Gasteiger charge is -2.23. The van der Waals surface area contributed by atoms with Crippen LogP contribution in [0.1, 0.15) is 25.7 Å². The second-order valence-electron chi connectivity index (χ2n) is 3.04. The maximum atomic E-state index is 11.0. The normalized spacial score (nSPS) is 31.5. The predicted molar refractivity (Wildman–Crippen MR) is 40.0 cm³/mol. The van der Waals surface area contributed by atoms with E-state index in [1.165, 1.54) is 7.11 Å². The lowest BCUT2D eigenvalue weighted by molar-refractivity contribution is -0.147. The van der Waals surface area contributed by atoms with Gasteiger partial charge in [-0.3, -0.25) is 4.79 Å². The Morgan fingerprint density at radius 2 is 2.27 bits per heavy atom. The molecule has 64 valence electrons. The number of ether oxygens (including phenoxy) is 1. The first-order valence-electron chi connectivity index (χ1n) is 4.00. The van der Waals surface area contributed by atoms with Crippen LogP contribution in [0.5, 0.6) is 0 Å². The van der Waals surface area contributed by atoms with Crippen LogP contribution in [0.15, 0.2) is 0 Å². The molecule has 0 aromatic heterocycles. The van der Waals surface area contributed by atoms with Crippen molar-refractivity contribution in [3.8, 4) is 0 Å². The number of hydrogen-bond acceptors (Lipinski definition) is 3. The van der Waals surface area contributed by atoms with Gasteiger partial charge in [0.25, 0.3) is 0 Å². The average molecular weight is 158 g/mol. The topological polar surface area (TPSA) is 46.5 Å². The molecule has 0 aromatic rings. The first-order valence-corrected chi connectivity index (χ1v) is 4.00. The molecular formula is C8H14O3. The molecule has 0 aromatic carbocycles. The fourth-order valence-electron chi connectivity index (χ4n) is 1.54. The summed E-state index contributed by atoms with van der Waals surface area (Å²) in [5.41, 5.74) is 0.